The molecule has 5 rings (SSSR count). The Morgan fingerprint density at radius 1 is 0.941 bits per heavy atom. The summed E-state index contributed by atoms with van der Waals surface area (Å²) < 4.78 is 5.79. The van der Waals surface area contributed by atoms with Gasteiger partial charge in [0.2, 0.25) is 0 Å². The quantitative estimate of drug-likeness (QED) is 0.558. The Bertz CT molecular complexity index is 1020. The van der Waals surface area contributed by atoms with Crippen LogP contribution in [0.4, 0.5) is 0 Å². The molecule has 5 aliphatic rings. The molecule has 0 spiro atoms. The van der Waals surface area contributed by atoms with E-state index in [1.807, 2.05) is 6.92 Å². The predicted octanol–water partition coefficient (Wildman–Crippen LogP) is 5.54. The Hall–Kier alpha value is -1.23. The minimum atomic E-state index is -1.18. The van der Waals surface area contributed by atoms with Crippen molar-refractivity contribution in [1.82, 2.24) is 0 Å². The van der Waals surface area contributed by atoms with Crippen LogP contribution in [0.2, 0.25) is 0 Å². The van der Waals surface area contributed by atoms with Gasteiger partial charge in [-0.2, -0.15) is 0 Å². The van der Waals surface area contributed by atoms with Crippen molar-refractivity contribution in [3.05, 3.63) is 34.9 Å². The van der Waals surface area contributed by atoms with Gasteiger partial charge in [-0.05, 0) is 96.7 Å². The van der Waals surface area contributed by atoms with Crippen LogP contribution >= 0.6 is 0 Å². The van der Waals surface area contributed by atoms with E-state index in [0.29, 0.717) is 11.3 Å². The second-order valence-electron chi connectivity index (χ2n) is 13.8. The molecule has 34 heavy (non-hydrogen) atoms. The van der Waals surface area contributed by atoms with E-state index in [2.05, 4.69) is 46.8 Å². The van der Waals surface area contributed by atoms with Crippen LogP contribution in [-0.2, 0) is 9.53 Å². The molecule has 3 saturated carbocycles. The Morgan fingerprint density at radius 3 is 2.26 bits per heavy atom. The number of ether oxygens (including phenoxy) is 1. The summed E-state index contributed by atoms with van der Waals surface area (Å²) in [4.78, 5) is 12.9. The van der Waals surface area contributed by atoms with Gasteiger partial charge in [0.15, 0.2) is 5.78 Å². The largest absolute Gasteiger partial charge is 0.396 e. The third kappa shape index (κ3) is 2.80. The van der Waals surface area contributed by atoms with E-state index in [4.69, 9.17) is 4.74 Å². The van der Waals surface area contributed by atoms with Crippen molar-refractivity contribution >= 4 is 5.78 Å². The van der Waals surface area contributed by atoms with E-state index in [1.54, 1.807) is 13.2 Å². The smallest absolute Gasteiger partial charge is 0.187 e. The highest BCUT2D eigenvalue weighted by molar-refractivity contribution is 5.99. The van der Waals surface area contributed by atoms with E-state index in [1.165, 1.54) is 18.4 Å². The maximum absolute atomic E-state index is 12.9. The summed E-state index contributed by atoms with van der Waals surface area (Å²) in [6, 6.07) is 0. The Balaban J connectivity index is 1.65. The Kier molecular flexibility index (Phi) is 5.16. The van der Waals surface area contributed by atoms with Gasteiger partial charge in [-0.1, -0.05) is 52.3 Å². The molecule has 4 nitrogen and oxygen atoms in total. The number of rotatable bonds is 2. The molecule has 0 saturated heterocycles. The first-order valence-corrected chi connectivity index (χ1v) is 13.3. The number of aliphatic hydroxyl groups excluding tert-OH is 2. The second-order valence-corrected chi connectivity index (χ2v) is 13.8. The number of aliphatic hydroxyl groups is 2. The topological polar surface area (TPSA) is 66.8 Å². The maximum atomic E-state index is 12.9. The maximum Gasteiger partial charge on any atom is 0.187 e. The number of hydrogen-bond acceptors (Lipinski definition) is 4. The van der Waals surface area contributed by atoms with Crippen molar-refractivity contribution in [3.63, 3.8) is 0 Å². The van der Waals surface area contributed by atoms with Gasteiger partial charge in [0.25, 0.3) is 0 Å². The number of carbonyl (C=O) groups is 1. The first-order chi connectivity index (χ1) is 15.7. The molecular weight excluding hydrogens is 424 g/mol. The molecule has 0 aromatic rings. The van der Waals surface area contributed by atoms with Gasteiger partial charge >= 0.3 is 0 Å². The number of carbonyl (C=O) groups excluding carboxylic acids is 1. The number of allylic oxidation sites excluding steroid dienone is 3. The fourth-order valence-electron chi connectivity index (χ4n) is 9.12. The summed E-state index contributed by atoms with van der Waals surface area (Å²) >= 11 is 0. The molecule has 0 unspecified atom stereocenters. The van der Waals surface area contributed by atoms with Crippen LogP contribution in [0.5, 0.6) is 0 Å². The van der Waals surface area contributed by atoms with Crippen molar-refractivity contribution < 1.29 is 19.7 Å². The summed E-state index contributed by atoms with van der Waals surface area (Å²) in [5, 5.41) is 21.0. The van der Waals surface area contributed by atoms with Crippen LogP contribution in [0, 0.1) is 33.0 Å². The van der Waals surface area contributed by atoms with Gasteiger partial charge in [0.1, 0.15) is 11.7 Å². The van der Waals surface area contributed by atoms with E-state index >= 15 is 0 Å². The van der Waals surface area contributed by atoms with Gasteiger partial charge in [0, 0.05) is 19.1 Å². The number of methoxy groups -OCH3 is 1. The third-order valence-electron chi connectivity index (χ3n) is 12.1. The van der Waals surface area contributed by atoms with Crippen LogP contribution in [0.3, 0.4) is 0 Å². The average molecular weight is 469 g/mol. The van der Waals surface area contributed by atoms with Crippen LogP contribution < -0.4 is 0 Å². The molecule has 3 fully saturated rings. The third-order valence-corrected chi connectivity index (χ3v) is 12.1. The minimum absolute atomic E-state index is 0.00887. The minimum Gasteiger partial charge on any atom is -0.396 e. The van der Waals surface area contributed by atoms with E-state index in [0.717, 1.165) is 43.3 Å². The molecule has 0 bridgehead atoms. The lowest BCUT2D eigenvalue weighted by atomic mass is 9.34. The standard InChI is InChI=1S/C30H44O4/c1-25(18-31)10-11-26(2)12-14-28(4)22-9-8-19-20(16-21(32)24(33)30(19,6)34-7)27(22,3)13-15-29(28,5)23(26)17-25/h8-9,16,23-24,31,33H,10-15,17-18H2,1-7H3/t23-,24+,25-,26-,27+,28-,29+,30+/m1/s1. The zero-order chi connectivity index (χ0) is 24.9. The average Bonchev–Trinajstić information content (AvgIpc) is 2.81. The van der Waals surface area contributed by atoms with Crippen molar-refractivity contribution in [2.45, 2.75) is 98.2 Å². The summed E-state index contributed by atoms with van der Waals surface area (Å²) in [6.45, 7) is 14.2. The molecule has 0 heterocycles. The molecule has 4 heteroatoms. The molecule has 0 aromatic carbocycles. The van der Waals surface area contributed by atoms with Crippen LogP contribution in [-0.4, -0.2) is 41.4 Å². The van der Waals surface area contributed by atoms with Gasteiger partial charge < -0.3 is 14.9 Å². The Morgan fingerprint density at radius 2 is 1.62 bits per heavy atom. The van der Waals surface area contributed by atoms with Crippen LogP contribution in [0.25, 0.3) is 0 Å². The monoisotopic (exact) mass is 468 g/mol. The van der Waals surface area contributed by atoms with E-state index < -0.39 is 11.7 Å². The highest BCUT2D eigenvalue weighted by Gasteiger charge is 2.67. The first-order valence-electron chi connectivity index (χ1n) is 13.3. The number of hydrogen-bond donors (Lipinski definition) is 2. The molecule has 0 amide bonds. The van der Waals surface area contributed by atoms with Gasteiger partial charge in [-0.15, -0.1) is 0 Å². The molecule has 0 radical (unpaired) electrons. The van der Waals surface area contributed by atoms with Gasteiger partial charge in [0.05, 0.1) is 0 Å². The van der Waals surface area contributed by atoms with Crippen molar-refractivity contribution in [3.8, 4) is 0 Å². The summed E-state index contributed by atoms with van der Waals surface area (Å²) in [5.74, 6) is 0.313. The number of ketones is 1. The zero-order valence-electron chi connectivity index (χ0n) is 22.3. The lowest BCUT2D eigenvalue weighted by Gasteiger charge is -2.70. The van der Waals surface area contributed by atoms with Gasteiger partial charge in [-0.25, -0.2) is 0 Å². The Labute approximate surface area is 205 Å². The molecule has 0 aliphatic heterocycles. The highest BCUT2D eigenvalue weighted by Crippen LogP contribution is 2.75. The van der Waals surface area contributed by atoms with Crippen molar-refractivity contribution in [2.75, 3.05) is 13.7 Å². The SMILES string of the molecule is CO[C@@]1(C)C2=CC=C3[C@@](C)(CC[C@@]4(C)[C@@H]5C[C@](C)(CO)CC[C@]5(C)CC[C@]34C)C2=CC(=O)[C@@H]1O. The molecule has 188 valence electrons. The van der Waals surface area contributed by atoms with Crippen LogP contribution in [0.15, 0.2) is 34.9 Å². The van der Waals surface area contributed by atoms with Gasteiger partial charge in [-0.3, -0.25) is 4.79 Å². The molecular formula is C30H44O4. The summed E-state index contributed by atoms with van der Waals surface area (Å²) in [6.07, 6.45) is 12.8. The van der Waals surface area contributed by atoms with Crippen molar-refractivity contribution in [1.29, 1.82) is 0 Å². The fourth-order valence-corrected chi connectivity index (χ4v) is 9.12. The summed E-state index contributed by atoms with van der Waals surface area (Å²) in [7, 11) is 1.59. The predicted molar refractivity (Wildman–Crippen MR) is 134 cm³/mol. The lowest BCUT2D eigenvalue weighted by Crippen LogP contribution is -2.62. The lowest BCUT2D eigenvalue weighted by molar-refractivity contribution is -0.166. The second kappa shape index (κ2) is 7.17. The van der Waals surface area contributed by atoms with E-state index in [9.17, 15) is 15.0 Å². The molecule has 8 atom stereocenters. The van der Waals surface area contributed by atoms with E-state index in [-0.39, 0.29) is 34.1 Å². The summed E-state index contributed by atoms with van der Waals surface area (Å²) in [5.41, 5.74) is 2.67. The molecule has 2 N–H and O–H groups in total. The zero-order valence-corrected chi connectivity index (χ0v) is 22.3. The van der Waals surface area contributed by atoms with Crippen molar-refractivity contribution in [2.24, 2.45) is 33.0 Å². The van der Waals surface area contributed by atoms with Crippen LogP contribution in [0.1, 0.15) is 86.5 Å². The highest BCUT2D eigenvalue weighted by atomic mass is 16.5. The molecule has 5 aliphatic carbocycles. The normalized spacial score (nSPS) is 52.4. The number of fused-ring (bicyclic) bond motifs is 7. The first kappa shape index (κ1) is 24.5. The fraction of sp³-hybridized carbons (Fsp3) is 0.767. The molecule has 0 aromatic heterocycles.